The van der Waals surface area contributed by atoms with Crippen molar-refractivity contribution in [1.29, 1.82) is 0 Å². The summed E-state index contributed by atoms with van der Waals surface area (Å²) < 4.78 is 1.83. The number of likely N-dealkylation sites (tertiary alicyclic amines) is 1. The Bertz CT molecular complexity index is 617. The van der Waals surface area contributed by atoms with E-state index in [9.17, 15) is 5.11 Å². The molecular formula is C18H26N4O. The molecule has 2 heterocycles. The van der Waals surface area contributed by atoms with Crippen molar-refractivity contribution in [2.45, 2.75) is 25.9 Å². The number of nitrogens with one attached hydrogen (secondary N) is 1. The Hall–Kier alpha value is -1.85. The molecule has 3 rings (SSSR count). The minimum absolute atomic E-state index is 0.330. The summed E-state index contributed by atoms with van der Waals surface area (Å²) in [7, 11) is 1.94. The molecule has 0 radical (unpaired) electrons. The molecular weight excluding hydrogens is 288 g/mol. The van der Waals surface area contributed by atoms with E-state index in [2.05, 4.69) is 39.6 Å². The Kier molecular flexibility index (Phi) is 5.31. The van der Waals surface area contributed by atoms with Gasteiger partial charge in [0.05, 0.1) is 6.20 Å². The molecule has 5 heteroatoms. The zero-order chi connectivity index (χ0) is 16.1. The molecule has 1 aromatic heterocycles. The number of hydrogen-bond donors (Lipinski definition) is 2. The summed E-state index contributed by atoms with van der Waals surface area (Å²) in [4.78, 5) is 2.48. The number of anilines is 1. The van der Waals surface area contributed by atoms with E-state index in [1.807, 2.05) is 24.1 Å². The van der Waals surface area contributed by atoms with Crippen LogP contribution in [0.4, 0.5) is 5.69 Å². The summed E-state index contributed by atoms with van der Waals surface area (Å²) >= 11 is 0. The van der Waals surface area contributed by atoms with Crippen LogP contribution < -0.4 is 5.32 Å². The SMILES string of the molecule is Cn1cc(CNc2ccccc2CN2CCC(CO)CC2)cn1. The van der Waals surface area contributed by atoms with E-state index in [0.29, 0.717) is 12.5 Å². The highest BCUT2D eigenvalue weighted by Gasteiger charge is 2.19. The van der Waals surface area contributed by atoms with Crippen molar-refractivity contribution in [1.82, 2.24) is 14.7 Å². The number of aryl methyl sites for hydroxylation is 1. The Morgan fingerprint density at radius 1 is 1.26 bits per heavy atom. The number of nitrogens with zero attached hydrogens (tertiary/aromatic N) is 3. The van der Waals surface area contributed by atoms with Crippen molar-refractivity contribution >= 4 is 5.69 Å². The van der Waals surface area contributed by atoms with E-state index >= 15 is 0 Å². The zero-order valence-electron chi connectivity index (χ0n) is 13.8. The van der Waals surface area contributed by atoms with Gasteiger partial charge in [-0.05, 0) is 43.5 Å². The second-order valence-electron chi connectivity index (χ2n) is 6.44. The molecule has 1 saturated heterocycles. The fourth-order valence-corrected chi connectivity index (χ4v) is 3.16. The third kappa shape index (κ3) is 4.33. The predicted octanol–water partition coefficient (Wildman–Crippen LogP) is 2.24. The maximum Gasteiger partial charge on any atom is 0.0539 e. The smallest absolute Gasteiger partial charge is 0.0539 e. The molecule has 1 aromatic carbocycles. The first kappa shape index (κ1) is 16.0. The average molecular weight is 314 g/mol. The first-order valence-electron chi connectivity index (χ1n) is 8.37. The van der Waals surface area contributed by atoms with Crippen LogP contribution in [0.25, 0.3) is 0 Å². The van der Waals surface area contributed by atoms with Gasteiger partial charge in [-0.3, -0.25) is 9.58 Å². The lowest BCUT2D eigenvalue weighted by atomic mass is 9.97. The number of aliphatic hydroxyl groups excluding tert-OH is 1. The Balaban J connectivity index is 1.59. The first-order valence-corrected chi connectivity index (χ1v) is 8.37. The van der Waals surface area contributed by atoms with Gasteiger partial charge in [0, 0.05) is 44.2 Å². The standard InChI is InChI=1S/C18H26N4O/c1-21-12-16(11-20-21)10-19-18-5-3-2-4-17(18)13-22-8-6-15(14-23)7-9-22/h2-5,11-12,15,19,23H,6-10,13-14H2,1H3. The largest absolute Gasteiger partial charge is 0.396 e. The van der Waals surface area contributed by atoms with Crippen molar-refractivity contribution in [2.75, 3.05) is 25.0 Å². The second-order valence-corrected chi connectivity index (χ2v) is 6.44. The van der Waals surface area contributed by atoms with Gasteiger partial charge in [-0.25, -0.2) is 0 Å². The molecule has 0 spiro atoms. The lowest BCUT2D eigenvalue weighted by Crippen LogP contribution is -2.34. The van der Waals surface area contributed by atoms with Crippen molar-refractivity contribution in [2.24, 2.45) is 13.0 Å². The molecule has 2 aromatic rings. The van der Waals surface area contributed by atoms with Crippen LogP contribution in [0.15, 0.2) is 36.7 Å². The Morgan fingerprint density at radius 3 is 2.74 bits per heavy atom. The van der Waals surface area contributed by atoms with E-state index in [1.54, 1.807) is 0 Å². The summed E-state index contributed by atoms with van der Waals surface area (Å²) in [6.45, 7) is 4.23. The number of rotatable bonds is 6. The van der Waals surface area contributed by atoms with Crippen LogP contribution in [-0.4, -0.2) is 39.5 Å². The average Bonchev–Trinajstić information content (AvgIpc) is 3.00. The van der Waals surface area contributed by atoms with Crippen molar-refractivity contribution in [3.05, 3.63) is 47.8 Å². The highest BCUT2D eigenvalue weighted by Crippen LogP contribution is 2.22. The predicted molar refractivity (Wildman–Crippen MR) is 92.1 cm³/mol. The molecule has 2 N–H and O–H groups in total. The van der Waals surface area contributed by atoms with Crippen LogP contribution in [0.2, 0.25) is 0 Å². The third-order valence-electron chi connectivity index (χ3n) is 4.62. The molecule has 1 aliphatic heterocycles. The molecule has 0 amide bonds. The van der Waals surface area contributed by atoms with Crippen molar-refractivity contribution < 1.29 is 5.11 Å². The fourth-order valence-electron chi connectivity index (χ4n) is 3.16. The van der Waals surface area contributed by atoms with E-state index in [4.69, 9.17) is 0 Å². The number of benzene rings is 1. The zero-order valence-corrected chi connectivity index (χ0v) is 13.8. The number of aromatic nitrogens is 2. The van der Waals surface area contributed by atoms with Crippen molar-refractivity contribution in [3.63, 3.8) is 0 Å². The van der Waals surface area contributed by atoms with Gasteiger partial charge in [0.15, 0.2) is 0 Å². The minimum Gasteiger partial charge on any atom is -0.396 e. The number of piperidine rings is 1. The summed E-state index contributed by atoms with van der Waals surface area (Å²) in [5.74, 6) is 0.491. The molecule has 23 heavy (non-hydrogen) atoms. The number of aliphatic hydroxyl groups is 1. The quantitative estimate of drug-likeness (QED) is 0.858. The van der Waals surface area contributed by atoms with Gasteiger partial charge in [-0.1, -0.05) is 18.2 Å². The van der Waals surface area contributed by atoms with Gasteiger partial charge in [0.2, 0.25) is 0 Å². The monoisotopic (exact) mass is 314 g/mol. The molecule has 1 fully saturated rings. The summed E-state index contributed by atoms with van der Waals surface area (Å²) in [6.07, 6.45) is 6.13. The molecule has 0 unspecified atom stereocenters. The van der Waals surface area contributed by atoms with Gasteiger partial charge in [-0.2, -0.15) is 5.10 Å². The topological polar surface area (TPSA) is 53.3 Å². The number of para-hydroxylation sites is 1. The molecule has 0 atom stereocenters. The highest BCUT2D eigenvalue weighted by atomic mass is 16.3. The van der Waals surface area contributed by atoms with Gasteiger partial charge in [0.25, 0.3) is 0 Å². The lowest BCUT2D eigenvalue weighted by Gasteiger charge is -2.31. The molecule has 0 bridgehead atoms. The maximum absolute atomic E-state index is 9.26. The molecule has 1 aliphatic rings. The third-order valence-corrected chi connectivity index (χ3v) is 4.62. The normalized spacial score (nSPS) is 16.6. The summed E-state index contributed by atoms with van der Waals surface area (Å²) in [6, 6.07) is 8.52. The van der Waals surface area contributed by atoms with Gasteiger partial charge < -0.3 is 10.4 Å². The summed E-state index contributed by atoms with van der Waals surface area (Å²) in [5.41, 5.74) is 3.71. The van der Waals surface area contributed by atoms with Crippen LogP contribution in [0, 0.1) is 5.92 Å². The van der Waals surface area contributed by atoms with Crippen LogP contribution >= 0.6 is 0 Å². The Morgan fingerprint density at radius 2 is 2.04 bits per heavy atom. The van der Waals surface area contributed by atoms with E-state index < -0.39 is 0 Å². The van der Waals surface area contributed by atoms with Gasteiger partial charge in [-0.15, -0.1) is 0 Å². The Labute approximate surface area is 137 Å². The van der Waals surface area contributed by atoms with Crippen LogP contribution in [0.5, 0.6) is 0 Å². The summed E-state index contributed by atoms with van der Waals surface area (Å²) in [5, 5.41) is 17.0. The highest BCUT2D eigenvalue weighted by molar-refractivity contribution is 5.51. The fraction of sp³-hybridized carbons (Fsp3) is 0.500. The number of hydrogen-bond acceptors (Lipinski definition) is 4. The minimum atomic E-state index is 0.330. The van der Waals surface area contributed by atoms with Crippen LogP contribution in [-0.2, 0) is 20.1 Å². The molecule has 0 aliphatic carbocycles. The van der Waals surface area contributed by atoms with Gasteiger partial charge >= 0.3 is 0 Å². The first-order chi connectivity index (χ1) is 11.2. The lowest BCUT2D eigenvalue weighted by molar-refractivity contribution is 0.127. The van der Waals surface area contributed by atoms with Crippen molar-refractivity contribution in [3.8, 4) is 0 Å². The second kappa shape index (κ2) is 7.62. The van der Waals surface area contributed by atoms with Gasteiger partial charge in [0.1, 0.15) is 0 Å². The van der Waals surface area contributed by atoms with E-state index in [-0.39, 0.29) is 0 Å². The van der Waals surface area contributed by atoms with E-state index in [0.717, 1.165) is 39.0 Å². The molecule has 5 nitrogen and oxygen atoms in total. The molecule has 124 valence electrons. The van der Waals surface area contributed by atoms with Crippen LogP contribution in [0.3, 0.4) is 0 Å². The van der Waals surface area contributed by atoms with E-state index in [1.165, 1.54) is 16.8 Å². The molecule has 0 saturated carbocycles. The van der Waals surface area contributed by atoms with Crippen LogP contribution in [0.1, 0.15) is 24.0 Å². The maximum atomic E-state index is 9.26.